The van der Waals surface area contributed by atoms with Gasteiger partial charge >= 0.3 is 0 Å². The zero-order valence-electron chi connectivity index (χ0n) is 9.95. The molecular weight excluding hydrogens is 206 g/mol. The van der Waals surface area contributed by atoms with Gasteiger partial charge in [-0.2, -0.15) is 0 Å². The lowest BCUT2D eigenvalue weighted by molar-refractivity contribution is -0.128. The van der Waals surface area contributed by atoms with Crippen LogP contribution in [0, 0.1) is 5.92 Å². The minimum Gasteiger partial charge on any atom is -0.368 e. The molecule has 0 aromatic rings. The quantitative estimate of drug-likeness (QED) is 0.606. The molecule has 1 aliphatic heterocycles. The van der Waals surface area contributed by atoms with Crippen molar-refractivity contribution < 1.29 is 9.59 Å². The topological polar surface area (TPSA) is 84.2 Å². The van der Waals surface area contributed by atoms with Crippen LogP contribution in [0.2, 0.25) is 0 Å². The fraction of sp³-hybridized carbons (Fsp3) is 0.818. The van der Waals surface area contributed by atoms with Gasteiger partial charge in [0.15, 0.2) is 0 Å². The van der Waals surface area contributed by atoms with E-state index >= 15 is 0 Å². The van der Waals surface area contributed by atoms with Crippen molar-refractivity contribution in [3.05, 3.63) is 0 Å². The van der Waals surface area contributed by atoms with E-state index in [9.17, 15) is 9.59 Å². The summed E-state index contributed by atoms with van der Waals surface area (Å²) in [4.78, 5) is 22.9. The molecule has 2 amide bonds. The van der Waals surface area contributed by atoms with Gasteiger partial charge in [-0.05, 0) is 31.7 Å². The Kier molecular flexibility index (Phi) is 4.73. The second kappa shape index (κ2) is 5.84. The van der Waals surface area contributed by atoms with Crippen LogP contribution < -0.4 is 16.4 Å². The molecule has 2 unspecified atom stereocenters. The van der Waals surface area contributed by atoms with E-state index in [0.717, 1.165) is 19.4 Å². The smallest absolute Gasteiger partial charge is 0.240 e. The van der Waals surface area contributed by atoms with Gasteiger partial charge in [-0.3, -0.25) is 9.59 Å². The number of hydrogen-bond donors (Lipinski definition) is 3. The molecule has 2 atom stereocenters. The molecule has 16 heavy (non-hydrogen) atoms. The van der Waals surface area contributed by atoms with Crippen LogP contribution in [0.3, 0.4) is 0 Å². The van der Waals surface area contributed by atoms with E-state index in [1.165, 1.54) is 0 Å². The average Bonchev–Trinajstić information content (AvgIpc) is 2.68. The largest absolute Gasteiger partial charge is 0.368 e. The Balaban J connectivity index is 2.47. The molecule has 92 valence electrons. The molecule has 0 aromatic heterocycles. The predicted octanol–water partition coefficient (Wildman–Crippen LogP) is -0.245. The Bertz CT molecular complexity index is 260. The van der Waals surface area contributed by atoms with Crippen LogP contribution >= 0.6 is 0 Å². The highest BCUT2D eigenvalue weighted by atomic mass is 16.2. The number of carbonyl (C=O) groups excluding carboxylic acids is 2. The average molecular weight is 227 g/mol. The van der Waals surface area contributed by atoms with E-state index in [4.69, 9.17) is 5.73 Å². The summed E-state index contributed by atoms with van der Waals surface area (Å²) in [6.45, 7) is 4.86. The first-order chi connectivity index (χ1) is 7.50. The van der Waals surface area contributed by atoms with E-state index in [1.807, 2.05) is 13.8 Å². The van der Waals surface area contributed by atoms with Gasteiger partial charge in [-0.15, -0.1) is 0 Å². The highest BCUT2D eigenvalue weighted by Crippen LogP contribution is 2.08. The number of rotatable bonds is 5. The summed E-state index contributed by atoms with van der Waals surface area (Å²) in [5.74, 6) is -0.240. The van der Waals surface area contributed by atoms with E-state index in [2.05, 4.69) is 10.6 Å². The van der Waals surface area contributed by atoms with E-state index in [1.54, 1.807) is 0 Å². The molecule has 0 aliphatic carbocycles. The Labute approximate surface area is 96.1 Å². The summed E-state index contributed by atoms with van der Waals surface area (Å²) in [5.41, 5.74) is 5.26. The van der Waals surface area contributed by atoms with Gasteiger partial charge in [0.2, 0.25) is 11.8 Å². The Morgan fingerprint density at radius 2 is 2.19 bits per heavy atom. The van der Waals surface area contributed by atoms with Crippen molar-refractivity contribution in [3.8, 4) is 0 Å². The van der Waals surface area contributed by atoms with Crippen LogP contribution in [0.5, 0.6) is 0 Å². The van der Waals surface area contributed by atoms with Crippen LogP contribution in [0.15, 0.2) is 0 Å². The number of nitrogens with one attached hydrogen (secondary N) is 2. The summed E-state index contributed by atoms with van der Waals surface area (Å²) in [7, 11) is 0. The molecule has 1 saturated heterocycles. The Hall–Kier alpha value is -1.10. The summed E-state index contributed by atoms with van der Waals surface area (Å²) in [6, 6.07) is -0.705. The fourth-order valence-corrected chi connectivity index (χ4v) is 1.90. The Morgan fingerprint density at radius 3 is 2.62 bits per heavy atom. The lowest BCUT2D eigenvalue weighted by Gasteiger charge is -2.19. The Morgan fingerprint density at radius 1 is 1.50 bits per heavy atom. The number of nitrogens with two attached hydrogens (primary N) is 1. The van der Waals surface area contributed by atoms with Crippen LogP contribution in [-0.4, -0.2) is 30.4 Å². The van der Waals surface area contributed by atoms with Crippen molar-refractivity contribution >= 4 is 11.8 Å². The zero-order valence-corrected chi connectivity index (χ0v) is 9.95. The van der Waals surface area contributed by atoms with Crippen molar-refractivity contribution in [2.45, 2.75) is 45.2 Å². The molecule has 0 bridgehead atoms. The molecule has 4 N–H and O–H groups in total. The lowest BCUT2D eigenvalue weighted by Crippen LogP contribution is -2.50. The van der Waals surface area contributed by atoms with Crippen LogP contribution in [0.4, 0.5) is 0 Å². The summed E-state index contributed by atoms with van der Waals surface area (Å²) < 4.78 is 0. The van der Waals surface area contributed by atoms with Gasteiger partial charge in [-0.1, -0.05) is 13.8 Å². The fourth-order valence-electron chi connectivity index (χ4n) is 1.90. The van der Waals surface area contributed by atoms with Crippen molar-refractivity contribution in [1.29, 1.82) is 0 Å². The molecule has 0 saturated carbocycles. The van der Waals surface area contributed by atoms with Crippen molar-refractivity contribution in [2.75, 3.05) is 6.54 Å². The summed E-state index contributed by atoms with van der Waals surface area (Å²) in [5, 5.41) is 5.80. The molecule has 0 radical (unpaired) electrons. The third-order valence-electron chi connectivity index (χ3n) is 2.74. The SMILES string of the molecule is CC(C)CC(NC(=O)C1CCCN1)C(N)=O. The van der Waals surface area contributed by atoms with Crippen molar-refractivity contribution in [2.24, 2.45) is 11.7 Å². The molecule has 1 rings (SSSR count). The molecule has 1 fully saturated rings. The van der Waals surface area contributed by atoms with E-state index in [0.29, 0.717) is 12.3 Å². The van der Waals surface area contributed by atoms with Gasteiger partial charge in [0, 0.05) is 0 Å². The minimum atomic E-state index is -0.546. The predicted molar refractivity (Wildman–Crippen MR) is 61.6 cm³/mol. The minimum absolute atomic E-state index is 0.109. The van der Waals surface area contributed by atoms with Gasteiger partial charge in [0.25, 0.3) is 0 Å². The first-order valence-corrected chi connectivity index (χ1v) is 5.83. The standard InChI is InChI=1S/C11H21N3O2/c1-7(2)6-9(10(12)15)14-11(16)8-4-3-5-13-8/h7-9,13H,3-6H2,1-2H3,(H2,12,15)(H,14,16). The highest BCUT2D eigenvalue weighted by molar-refractivity contribution is 5.89. The maximum absolute atomic E-state index is 11.8. The third-order valence-corrected chi connectivity index (χ3v) is 2.74. The number of hydrogen-bond acceptors (Lipinski definition) is 3. The van der Waals surface area contributed by atoms with Gasteiger partial charge in [-0.25, -0.2) is 0 Å². The van der Waals surface area contributed by atoms with Crippen molar-refractivity contribution in [3.63, 3.8) is 0 Å². The first-order valence-electron chi connectivity index (χ1n) is 5.83. The second-order valence-electron chi connectivity index (χ2n) is 4.74. The third kappa shape index (κ3) is 3.81. The maximum Gasteiger partial charge on any atom is 0.240 e. The molecule has 1 heterocycles. The lowest BCUT2D eigenvalue weighted by atomic mass is 10.0. The van der Waals surface area contributed by atoms with Crippen LogP contribution in [-0.2, 0) is 9.59 Å². The molecular formula is C11H21N3O2. The molecule has 0 spiro atoms. The van der Waals surface area contributed by atoms with Gasteiger partial charge < -0.3 is 16.4 Å². The van der Waals surface area contributed by atoms with Crippen LogP contribution in [0.25, 0.3) is 0 Å². The molecule has 0 aromatic carbocycles. The first kappa shape index (κ1) is 13.0. The summed E-state index contributed by atoms with van der Waals surface area (Å²) in [6.07, 6.45) is 2.43. The van der Waals surface area contributed by atoms with Crippen molar-refractivity contribution in [1.82, 2.24) is 10.6 Å². The molecule has 5 heteroatoms. The second-order valence-corrected chi connectivity index (χ2v) is 4.74. The normalized spacial score (nSPS) is 22.1. The zero-order chi connectivity index (χ0) is 12.1. The number of amides is 2. The van der Waals surface area contributed by atoms with Crippen LogP contribution in [0.1, 0.15) is 33.1 Å². The van der Waals surface area contributed by atoms with Gasteiger partial charge in [0.05, 0.1) is 6.04 Å². The monoisotopic (exact) mass is 227 g/mol. The maximum atomic E-state index is 11.8. The van der Waals surface area contributed by atoms with E-state index in [-0.39, 0.29) is 11.9 Å². The number of primary amides is 1. The highest BCUT2D eigenvalue weighted by Gasteiger charge is 2.26. The van der Waals surface area contributed by atoms with E-state index < -0.39 is 11.9 Å². The van der Waals surface area contributed by atoms with Gasteiger partial charge in [0.1, 0.15) is 6.04 Å². The molecule has 5 nitrogen and oxygen atoms in total. The number of carbonyl (C=O) groups is 2. The molecule has 1 aliphatic rings. The summed E-state index contributed by atoms with van der Waals surface area (Å²) >= 11 is 0.